The number of thioether (sulfide) groups is 2. The fraction of sp³-hybridized carbons (Fsp3) is 0.280. The van der Waals surface area contributed by atoms with Crippen LogP contribution in [-0.2, 0) is 11.3 Å². The first-order valence-electron chi connectivity index (χ1n) is 11.0. The van der Waals surface area contributed by atoms with Crippen molar-refractivity contribution in [1.82, 2.24) is 5.32 Å². The summed E-state index contributed by atoms with van der Waals surface area (Å²) < 4.78 is 49.0. The van der Waals surface area contributed by atoms with Crippen LogP contribution in [0, 0.1) is 0 Å². The van der Waals surface area contributed by atoms with Crippen LogP contribution in [0.2, 0.25) is 0 Å². The van der Waals surface area contributed by atoms with Gasteiger partial charge < -0.3 is 19.9 Å². The van der Waals surface area contributed by atoms with Crippen molar-refractivity contribution in [2.45, 2.75) is 35.6 Å². The van der Waals surface area contributed by atoms with Gasteiger partial charge in [0.05, 0.1) is 5.56 Å². The van der Waals surface area contributed by atoms with Gasteiger partial charge in [0, 0.05) is 23.1 Å². The Morgan fingerprint density at radius 3 is 2.39 bits per heavy atom. The minimum atomic E-state index is -4.37. The number of nitrogens with one attached hydrogen (secondary N) is 1. The van der Waals surface area contributed by atoms with E-state index in [9.17, 15) is 27.9 Å². The van der Waals surface area contributed by atoms with Crippen LogP contribution in [0.15, 0.2) is 65.6 Å². The average Bonchev–Trinajstić information content (AvgIpc) is 2.82. The number of carboxylic acid groups (broad SMARTS) is 1. The van der Waals surface area contributed by atoms with Crippen LogP contribution in [0.25, 0.3) is 10.8 Å². The van der Waals surface area contributed by atoms with Crippen molar-refractivity contribution in [2.75, 3.05) is 11.5 Å². The van der Waals surface area contributed by atoms with Crippen LogP contribution in [-0.4, -0.2) is 39.9 Å². The highest BCUT2D eigenvalue weighted by Gasteiger charge is 2.39. The summed E-state index contributed by atoms with van der Waals surface area (Å²) in [5, 5.41) is 13.5. The predicted molar refractivity (Wildman–Crippen MR) is 132 cm³/mol. The maximum atomic E-state index is 13.4. The number of carbonyl (C=O) groups is 2. The molecule has 2 N–H and O–H groups in total. The Kier molecular flexibility index (Phi) is 7.89. The van der Waals surface area contributed by atoms with Crippen molar-refractivity contribution in [3.8, 4) is 5.75 Å². The lowest BCUT2D eigenvalue weighted by molar-refractivity contribution is -0.0416. The fourth-order valence-electron chi connectivity index (χ4n) is 3.92. The first-order valence-corrected chi connectivity index (χ1v) is 12.9. The molecule has 1 saturated heterocycles. The van der Waals surface area contributed by atoms with E-state index in [0.717, 1.165) is 5.39 Å². The molecule has 4 rings (SSSR count). The van der Waals surface area contributed by atoms with E-state index in [1.807, 2.05) is 12.1 Å². The third-order valence-electron chi connectivity index (χ3n) is 5.59. The molecule has 3 aromatic rings. The second-order valence-electron chi connectivity index (χ2n) is 8.07. The molecule has 0 atom stereocenters. The molecule has 0 bridgehead atoms. The quantitative estimate of drug-likeness (QED) is 0.198. The normalized spacial score (nSPS) is 15.3. The van der Waals surface area contributed by atoms with Crippen molar-refractivity contribution in [1.29, 1.82) is 0 Å². The van der Waals surface area contributed by atoms with Crippen molar-refractivity contribution in [2.24, 2.45) is 0 Å². The summed E-state index contributed by atoms with van der Waals surface area (Å²) >= 11 is 1.45. The lowest BCUT2D eigenvalue weighted by Crippen LogP contribution is -2.53. The number of fused-ring (bicyclic) bond motifs is 1. The zero-order valence-electron chi connectivity index (χ0n) is 18.8. The van der Waals surface area contributed by atoms with Gasteiger partial charge in [0.25, 0.3) is 5.91 Å². The zero-order chi connectivity index (χ0) is 25.8. The van der Waals surface area contributed by atoms with Crippen molar-refractivity contribution in [3.63, 3.8) is 0 Å². The Labute approximate surface area is 213 Å². The van der Waals surface area contributed by atoms with Gasteiger partial charge in [-0.1, -0.05) is 42.5 Å². The molecule has 3 aromatic carbocycles. The summed E-state index contributed by atoms with van der Waals surface area (Å²) in [6, 6.07) is 16.5. The number of hydrogen-bond acceptors (Lipinski definition) is 6. The summed E-state index contributed by atoms with van der Waals surface area (Å²) in [5.41, 5.74) is -4.88. The molecule has 0 aromatic heterocycles. The molecule has 190 valence electrons. The molecule has 1 heterocycles. The van der Waals surface area contributed by atoms with E-state index in [1.165, 1.54) is 24.3 Å². The van der Waals surface area contributed by atoms with Crippen molar-refractivity contribution in [3.05, 3.63) is 71.8 Å². The molecule has 11 heteroatoms. The minimum absolute atomic E-state index is 0.0126. The topological polar surface area (TPSA) is 84.9 Å². The van der Waals surface area contributed by atoms with E-state index >= 15 is 0 Å². The third-order valence-corrected chi connectivity index (χ3v) is 7.31. The standard InChI is InChI=1S/C25H22F3NO5S2/c26-25(27,28)36-18-8-5-16(6-9-18)15-33-21-19-4-2-1-3-17(19)7-10-20(21)22(30)29-24(34-23(31)32)11-13-35-14-12-24/h1-10H,11-15H2,(H,29,30)(H,31,32). The Morgan fingerprint density at radius 2 is 1.72 bits per heavy atom. The van der Waals surface area contributed by atoms with E-state index in [-0.39, 0.29) is 34.6 Å². The van der Waals surface area contributed by atoms with Crippen LogP contribution in [0.5, 0.6) is 5.75 Å². The second-order valence-corrected chi connectivity index (χ2v) is 10.4. The number of benzene rings is 3. The third kappa shape index (κ3) is 6.58. The highest BCUT2D eigenvalue weighted by molar-refractivity contribution is 8.00. The van der Waals surface area contributed by atoms with Gasteiger partial charge in [0.1, 0.15) is 12.4 Å². The van der Waals surface area contributed by atoms with Crippen LogP contribution in [0.3, 0.4) is 0 Å². The molecule has 36 heavy (non-hydrogen) atoms. The van der Waals surface area contributed by atoms with Gasteiger partial charge in [-0.15, -0.1) is 0 Å². The van der Waals surface area contributed by atoms with Gasteiger partial charge in [-0.2, -0.15) is 24.9 Å². The molecule has 0 aliphatic carbocycles. The first-order chi connectivity index (χ1) is 17.1. The van der Waals surface area contributed by atoms with E-state index in [2.05, 4.69) is 5.32 Å². The minimum Gasteiger partial charge on any atom is -0.487 e. The van der Waals surface area contributed by atoms with Crippen molar-refractivity contribution < 1.29 is 37.3 Å². The van der Waals surface area contributed by atoms with Gasteiger partial charge in [-0.05, 0) is 52.4 Å². The van der Waals surface area contributed by atoms with E-state index in [0.29, 0.717) is 35.3 Å². The molecular weight excluding hydrogens is 515 g/mol. The fourth-order valence-corrected chi connectivity index (χ4v) is 5.61. The molecular formula is C25H22F3NO5S2. The largest absolute Gasteiger partial charge is 0.507 e. The summed E-state index contributed by atoms with van der Waals surface area (Å²) in [5.74, 6) is 1.02. The monoisotopic (exact) mass is 537 g/mol. The van der Waals surface area contributed by atoms with E-state index in [1.54, 1.807) is 36.0 Å². The number of alkyl halides is 3. The van der Waals surface area contributed by atoms with Gasteiger partial charge >= 0.3 is 11.7 Å². The van der Waals surface area contributed by atoms with E-state index in [4.69, 9.17) is 9.47 Å². The maximum absolute atomic E-state index is 13.4. The number of amides is 1. The maximum Gasteiger partial charge on any atom is 0.507 e. The van der Waals surface area contributed by atoms with Gasteiger partial charge in [-0.25, -0.2) is 4.79 Å². The van der Waals surface area contributed by atoms with Gasteiger partial charge in [-0.3, -0.25) is 4.79 Å². The Morgan fingerprint density at radius 1 is 1.03 bits per heavy atom. The zero-order valence-corrected chi connectivity index (χ0v) is 20.5. The van der Waals surface area contributed by atoms with Gasteiger partial charge in [0.15, 0.2) is 5.72 Å². The molecule has 1 fully saturated rings. The number of carbonyl (C=O) groups excluding carboxylic acids is 1. The SMILES string of the molecule is O=C(O)OC1(NC(=O)c2ccc3ccccc3c2OCc2ccc(SC(F)(F)F)cc2)CCSCC1. The molecule has 1 aliphatic heterocycles. The predicted octanol–water partition coefficient (Wildman–Crippen LogP) is 6.68. The molecule has 1 amide bonds. The van der Waals surface area contributed by atoms with Gasteiger partial charge in [0.2, 0.25) is 0 Å². The first kappa shape index (κ1) is 26.0. The molecule has 0 radical (unpaired) electrons. The Balaban J connectivity index is 1.60. The highest BCUT2D eigenvalue weighted by Crippen LogP contribution is 2.37. The number of halogens is 3. The summed E-state index contributed by atoms with van der Waals surface area (Å²) in [6.07, 6.45) is -0.798. The number of ether oxygens (including phenoxy) is 2. The number of hydrogen-bond donors (Lipinski definition) is 2. The smallest absolute Gasteiger partial charge is 0.487 e. The van der Waals surface area contributed by atoms with Crippen molar-refractivity contribution >= 4 is 46.4 Å². The van der Waals surface area contributed by atoms with E-state index < -0.39 is 23.3 Å². The molecule has 0 unspecified atom stereocenters. The summed E-state index contributed by atoms with van der Waals surface area (Å²) in [4.78, 5) is 24.8. The average molecular weight is 538 g/mol. The van der Waals surface area contributed by atoms with Crippen LogP contribution in [0.1, 0.15) is 28.8 Å². The summed E-state index contributed by atoms with van der Waals surface area (Å²) in [6.45, 7) is 0.0126. The summed E-state index contributed by atoms with van der Waals surface area (Å²) in [7, 11) is 0. The Bertz CT molecular complexity index is 1240. The lowest BCUT2D eigenvalue weighted by atomic mass is 10.0. The number of rotatable bonds is 7. The molecule has 0 spiro atoms. The molecule has 6 nitrogen and oxygen atoms in total. The highest BCUT2D eigenvalue weighted by atomic mass is 32.2. The second kappa shape index (κ2) is 10.9. The van der Waals surface area contributed by atoms with Crippen LogP contribution >= 0.6 is 23.5 Å². The Hall–Kier alpha value is -3.05. The van der Waals surface area contributed by atoms with Crippen LogP contribution in [0.4, 0.5) is 18.0 Å². The van der Waals surface area contributed by atoms with Crippen LogP contribution < -0.4 is 10.1 Å². The molecule has 1 aliphatic rings. The molecule has 0 saturated carbocycles. The lowest BCUT2D eigenvalue weighted by Gasteiger charge is -2.36.